The Morgan fingerprint density at radius 3 is 2.72 bits per heavy atom. The molecule has 2 aliphatic heterocycles. The molecule has 2 aromatic carbocycles. The molecule has 0 spiro atoms. The van der Waals surface area contributed by atoms with Crippen LogP contribution in [0.5, 0.6) is 0 Å². The normalized spacial score (nSPS) is 17.2. The highest BCUT2D eigenvalue weighted by molar-refractivity contribution is 8.26. The molecule has 7 heteroatoms. The fourth-order valence-electron chi connectivity index (χ4n) is 4.16. The van der Waals surface area contributed by atoms with Crippen LogP contribution >= 0.6 is 11.8 Å². The van der Waals surface area contributed by atoms with E-state index in [1.54, 1.807) is 6.08 Å². The zero-order valence-electron chi connectivity index (χ0n) is 18.2. The van der Waals surface area contributed by atoms with Crippen LogP contribution < -0.4 is 0 Å². The number of rotatable bonds is 4. The second-order valence-corrected chi connectivity index (χ2v) is 9.00. The summed E-state index contributed by atoms with van der Waals surface area (Å²) in [5, 5.41) is 16.9. The van der Waals surface area contributed by atoms with Gasteiger partial charge in [0.2, 0.25) is 5.17 Å². The summed E-state index contributed by atoms with van der Waals surface area (Å²) in [4.78, 5) is 17.0. The van der Waals surface area contributed by atoms with Crippen molar-refractivity contribution in [2.75, 3.05) is 0 Å². The van der Waals surface area contributed by atoms with Gasteiger partial charge in [0, 0.05) is 28.7 Å². The predicted octanol–water partition coefficient (Wildman–Crippen LogP) is 5.34. The molecule has 1 N–H and O–H groups in total. The van der Waals surface area contributed by atoms with Crippen molar-refractivity contribution >= 4 is 50.7 Å². The van der Waals surface area contributed by atoms with Gasteiger partial charge in [-0.05, 0) is 49.7 Å². The Hall–Kier alpha value is -3.45. The average Bonchev–Trinajstić information content (AvgIpc) is 3.31. The van der Waals surface area contributed by atoms with Gasteiger partial charge in [-0.25, -0.2) is 0 Å². The number of benzene rings is 2. The highest BCUT2D eigenvalue weighted by Crippen LogP contribution is 2.32. The van der Waals surface area contributed by atoms with Crippen LogP contribution in [0.3, 0.4) is 0 Å². The molecule has 0 radical (unpaired) electrons. The van der Waals surface area contributed by atoms with Gasteiger partial charge in [0.05, 0.1) is 5.57 Å². The third-order valence-electron chi connectivity index (χ3n) is 5.79. The van der Waals surface area contributed by atoms with Crippen LogP contribution in [0.15, 0.2) is 64.2 Å². The molecule has 6 nitrogen and oxygen atoms in total. The number of aromatic nitrogens is 1. The molecule has 0 saturated carbocycles. The van der Waals surface area contributed by atoms with E-state index in [4.69, 9.17) is 5.41 Å². The monoisotopic (exact) mass is 441 g/mol. The first-order valence-electron chi connectivity index (χ1n) is 10.6. The van der Waals surface area contributed by atoms with Crippen LogP contribution in [0.1, 0.15) is 35.7 Å². The fraction of sp³-hybridized carbons (Fsp3) is 0.200. The van der Waals surface area contributed by atoms with Crippen LogP contribution in [-0.4, -0.2) is 31.5 Å². The standard InChI is InChI=1S/C25H23N5OS/c1-4-22-28-30-23(26)20(24(31)27-25(30)32-22)13-19-16(3)29(21-11-6-5-10-18(19)21)14-17-9-7-8-15(2)12-17/h5-13,26H,4,14H2,1-3H3/b20-13-,26-23?. The molecule has 0 atom stereocenters. The molecular formula is C25H23N5OS. The molecule has 1 amide bonds. The number of hydrogen-bond acceptors (Lipinski definition) is 4. The first kappa shape index (κ1) is 20.5. The molecule has 0 fully saturated rings. The summed E-state index contributed by atoms with van der Waals surface area (Å²) in [5.74, 6) is -0.318. The Kier molecular flexibility index (Phi) is 5.06. The molecule has 5 rings (SSSR count). The number of amides is 1. The maximum atomic E-state index is 12.8. The van der Waals surface area contributed by atoms with Crippen molar-refractivity contribution in [3.63, 3.8) is 0 Å². The van der Waals surface area contributed by atoms with Gasteiger partial charge in [-0.3, -0.25) is 10.2 Å². The zero-order chi connectivity index (χ0) is 22.4. The minimum absolute atomic E-state index is 0.0749. The van der Waals surface area contributed by atoms with Crippen molar-refractivity contribution < 1.29 is 4.79 Å². The minimum atomic E-state index is -0.392. The number of hydrazone groups is 1. The number of aliphatic imine (C=N–C) groups is 1. The van der Waals surface area contributed by atoms with Gasteiger partial charge in [-0.15, -0.1) is 0 Å². The summed E-state index contributed by atoms with van der Waals surface area (Å²) in [7, 11) is 0. The topological polar surface area (TPSA) is 73.8 Å². The van der Waals surface area contributed by atoms with E-state index in [2.05, 4.69) is 64.9 Å². The molecule has 3 heterocycles. The second kappa shape index (κ2) is 7.91. The van der Waals surface area contributed by atoms with Gasteiger partial charge in [-0.1, -0.05) is 55.0 Å². The smallest absolute Gasteiger partial charge is 0.283 e. The van der Waals surface area contributed by atoms with Crippen LogP contribution in [0.2, 0.25) is 0 Å². The van der Waals surface area contributed by atoms with Crippen LogP contribution in [0.25, 0.3) is 17.0 Å². The molecule has 3 aromatic rings. The molecule has 0 unspecified atom stereocenters. The Morgan fingerprint density at radius 2 is 1.94 bits per heavy atom. The summed E-state index contributed by atoms with van der Waals surface area (Å²) in [6.07, 6.45) is 2.55. The van der Waals surface area contributed by atoms with E-state index in [1.807, 2.05) is 19.1 Å². The predicted molar refractivity (Wildman–Crippen MR) is 132 cm³/mol. The van der Waals surface area contributed by atoms with Crippen LogP contribution in [0.4, 0.5) is 0 Å². The fourth-order valence-corrected chi connectivity index (χ4v) is 4.98. The van der Waals surface area contributed by atoms with Gasteiger partial charge >= 0.3 is 0 Å². The maximum absolute atomic E-state index is 12.8. The minimum Gasteiger partial charge on any atom is -0.340 e. The molecular weight excluding hydrogens is 418 g/mol. The molecule has 32 heavy (non-hydrogen) atoms. The SMILES string of the molecule is CCC1=NN2C(=N)/C(=C/c3c(C)n(Cc4cccc(C)c4)c4ccccc34)C(=O)N=C2S1. The van der Waals surface area contributed by atoms with E-state index in [0.29, 0.717) is 5.17 Å². The lowest BCUT2D eigenvalue weighted by atomic mass is 10.1. The first-order chi connectivity index (χ1) is 15.5. The Morgan fingerprint density at radius 1 is 1.12 bits per heavy atom. The van der Waals surface area contributed by atoms with Gasteiger partial charge in [-0.2, -0.15) is 15.1 Å². The number of nitrogens with zero attached hydrogens (tertiary/aromatic N) is 4. The molecule has 0 bridgehead atoms. The zero-order valence-corrected chi connectivity index (χ0v) is 19.0. The number of hydrogen-bond donors (Lipinski definition) is 1. The highest BCUT2D eigenvalue weighted by Gasteiger charge is 2.35. The second-order valence-electron chi connectivity index (χ2n) is 7.96. The number of carbonyl (C=O) groups excluding carboxylic acids is 1. The van der Waals surface area contributed by atoms with E-state index >= 15 is 0 Å². The van der Waals surface area contributed by atoms with Crippen LogP contribution in [0, 0.1) is 19.3 Å². The average molecular weight is 442 g/mol. The maximum Gasteiger partial charge on any atom is 0.283 e. The first-order valence-corrected chi connectivity index (χ1v) is 11.4. The third kappa shape index (κ3) is 3.39. The number of carbonyl (C=O) groups is 1. The molecule has 0 saturated heterocycles. The summed E-state index contributed by atoms with van der Waals surface area (Å²) in [6.45, 7) is 6.89. The number of nitrogens with one attached hydrogen (secondary N) is 1. The van der Waals surface area contributed by atoms with Gasteiger partial charge in [0.15, 0.2) is 5.84 Å². The summed E-state index contributed by atoms with van der Waals surface area (Å²) >= 11 is 1.36. The molecule has 1 aromatic heterocycles. The van der Waals surface area contributed by atoms with Crippen molar-refractivity contribution in [2.24, 2.45) is 10.1 Å². The lowest BCUT2D eigenvalue weighted by Gasteiger charge is -2.20. The highest BCUT2D eigenvalue weighted by atomic mass is 32.2. The van der Waals surface area contributed by atoms with Crippen molar-refractivity contribution in [2.45, 2.75) is 33.7 Å². The Bertz CT molecular complexity index is 1380. The third-order valence-corrected chi connectivity index (χ3v) is 6.84. The van der Waals surface area contributed by atoms with E-state index in [0.717, 1.165) is 40.2 Å². The van der Waals surface area contributed by atoms with E-state index in [1.165, 1.54) is 27.9 Å². The molecule has 0 aliphatic carbocycles. The van der Waals surface area contributed by atoms with Gasteiger partial charge in [0.1, 0.15) is 5.04 Å². The Labute approximate surface area is 190 Å². The molecule has 2 aliphatic rings. The Balaban J connectivity index is 1.62. The number of thioether (sulfide) groups is 1. The van der Waals surface area contributed by atoms with Crippen LogP contribution in [-0.2, 0) is 11.3 Å². The van der Waals surface area contributed by atoms with E-state index in [-0.39, 0.29) is 11.4 Å². The lowest BCUT2D eigenvalue weighted by Crippen LogP contribution is -2.35. The molecule has 160 valence electrons. The quantitative estimate of drug-likeness (QED) is 0.556. The number of fused-ring (bicyclic) bond motifs is 2. The van der Waals surface area contributed by atoms with Crippen molar-refractivity contribution in [1.29, 1.82) is 5.41 Å². The number of aryl methyl sites for hydroxylation is 1. The number of para-hydroxylation sites is 1. The lowest BCUT2D eigenvalue weighted by molar-refractivity contribution is -0.114. The van der Waals surface area contributed by atoms with E-state index < -0.39 is 5.91 Å². The van der Waals surface area contributed by atoms with Crippen molar-refractivity contribution in [3.8, 4) is 0 Å². The summed E-state index contributed by atoms with van der Waals surface area (Å²) in [6, 6.07) is 16.7. The van der Waals surface area contributed by atoms with Crippen molar-refractivity contribution in [3.05, 3.63) is 76.5 Å². The summed E-state index contributed by atoms with van der Waals surface area (Å²) in [5.41, 5.74) is 5.79. The van der Waals surface area contributed by atoms with E-state index in [9.17, 15) is 4.79 Å². The van der Waals surface area contributed by atoms with Gasteiger partial charge < -0.3 is 4.57 Å². The van der Waals surface area contributed by atoms with Crippen molar-refractivity contribution in [1.82, 2.24) is 9.58 Å². The van der Waals surface area contributed by atoms with Gasteiger partial charge in [0.25, 0.3) is 5.91 Å². The largest absolute Gasteiger partial charge is 0.340 e. The summed E-state index contributed by atoms with van der Waals surface area (Å²) < 4.78 is 2.27. The number of amidine groups is 2.